The van der Waals surface area contributed by atoms with Crippen molar-refractivity contribution in [2.75, 3.05) is 42.9 Å². The maximum atomic E-state index is 12.0. The van der Waals surface area contributed by atoms with Gasteiger partial charge in [0.25, 0.3) is 0 Å². The first-order chi connectivity index (χ1) is 15.1. The fourth-order valence-corrected chi connectivity index (χ4v) is 4.37. The van der Waals surface area contributed by atoms with E-state index in [-0.39, 0.29) is 18.7 Å². The predicted molar refractivity (Wildman–Crippen MR) is 121 cm³/mol. The van der Waals surface area contributed by atoms with Crippen LogP contribution in [0.1, 0.15) is 56.0 Å². The van der Waals surface area contributed by atoms with Crippen molar-refractivity contribution >= 4 is 17.9 Å². The lowest BCUT2D eigenvalue weighted by Gasteiger charge is -2.34. The number of aromatic nitrogens is 2. The van der Waals surface area contributed by atoms with Gasteiger partial charge in [-0.3, -0.25) is 9.80 Å². The molecule has 2 aromatic rings. The lowest BCUT2D eigenvalue weighted by atomic mass is 9.98. The number of hydrogen-bond acceptors (Lipinski definition) is 7. The largest absolute Gasteiger partial charge is 0.444 e. The number of piperazine rings is 1. The average molecular weight is 425 g/mol. The van der Waals surface area contributed by atoms with E-state index in [9.17, 15) is 4.79 Å². The van der Waals surface area contributed by atoms with Gasteiger partial charge >= 0.3 is 6.09 Å². The Hall–Kier alpha value is -2.71. The van der Waals surface area contributed by atoms with E-state index >= 15 is 0 Å². The van der Waals surface area contributed by atoms with Gasteiger partial charge in [0.15, 0.2) is 0 Å². The fraction of sp³-hybridized carbons (Fsp3) is 0.522. The van der Waals surface area contributed by atoms with Crippen molar-refractivity contribution in [3.8, 4) is 0 Å². The molecule has 4 rings (SSSR count). The molecule has 2 aliphatic rings. The third-order valence-corrected chi connectivity index (χ3v) is 6.13. The molecule has 1 amide bonds. The van der Waals surface area contributed by atoms with Crippen molar-refractivity contribution in [2.24, 2.45) is 0 Å². The molecule has 2 aliphatic heterocycles. The van der Waals surface area contributed by atoms with Crippen LogP contribution in [0.25, 0.3) is 0 Å². The van der Waals surface area contributed by atoms with Gasteiger partial charge in [0, 0.05) is 45.0 Å². The third kappa shape index (κ3) is 4.65. The first-order valence-electron chi connectivity index (χ1n) is 11.2. The standard InChI is InChI=1S/C23H32N6O2/c1-4-20(28-12-10-24-11-13-28)18-8-6-17(7-9-18)16(3)26-22-25-14-19-15-31-23(30)29(5-2)21(19)27-22/h6-9,14,16,20,24H,4-5,10-13,15H2,1-3H3,(H,25,26,27). The summed E-state index contributed by atoms with van der Waals surface area (Å²) in [5, 5.41) is 6.80. The maximum absolute atomic E-state index is 12.0. The van der Waals surface area contributed by atoms with Crippen LogP contribution in [-0.4, -0.2) is 53.7 Å². The summed E-state index contributed by atoms with van der Waals surface area (Å²) in [5.74, 6) is 1.14. The van der Waals surface area contributed by atoms with E-state index in [4.69, 9.17) is 4.74 Å². The molecule has 1 fully saturated rings. The Morgan fingerprint density at radius 1 is 1.16 bits per heavy atom. The van der Waals surface area contributed by atoms with Crippen molar-refractivity contribution < 1.29 is 9.53 Å². The topological polar surface area (TPSA) is 82.6 Å². The summed E-state index contributed by atoms with van der Waals surface area (Å²) in [7, 11) is 0. The summed E-state index contributed by atoms with van der Waals surface area (Å²) >= 11 is 0. The van der Waals surface area contributed by atoms with Crippen molar-refractivity contribution in [1.82, 2.24) is 20.2 Å². The molecule has 0 radical (unpaired) electrons. The molecule has 1 aromatic carbocycles. The minimum atomic E-state index is -0.363. The number of nitrogens with zero attached hydrogens (tertiary/aromatic N) is 4. The first kappa shape index (κ1) is 21.5. The molecule has 31 heavy (non-hydrogen) atoms. The molecule has 0 aliphatic carbocycles. The first-order valence-corrected chi connectivity index (χ1v) is 11.2. The molecule has 0 bridgehead atoms. The predicted octanol–water partition coefficient (Wildman–Crippen LogP) is 3.48. The summed E-state index contributed by atoms with van der Waals surface area (Å²) in [4.78, 5) is 25.1. The molecule has 3 heterocycles. The maximum Gasteiger partial charge on any atom is 0.415 e. The van der Waals surface area contributed by atoms with Crippen LogP contribution in [0.3, 0.4) is 0 Å². The Labute approximate surface area is 184 Å². The zero-order valence-corrected chi connectivity index (χ0v) is 18.6. The highest BCUT2D eigenvalue weighted by Crippen LogP contribution is 2.28. The second-order valence-electron chi connectivity index (χ2n) is 8.08. The van der Waals surface area contributed by atoms with E-state index in [2.05, 4.69) is 63.6 Å². The van der Waals surface area contributed by atoms with Crippen LogP contribution >= 0.6 is 0 Å². The van der Waals surface area contributed by atoms with Crippen molar-refractivity contribution in [2.45, 2.75) is 45.9 Å². The molecular weight excluding hydrogens is 392 g/mol. The van der Waals surface area contributed by atoms with E-state index in [0.29, 0.717) is 24.4 Å². The number of anilines is 2. The lowest BCUT2D eigenvalue weighted by Crippen LogP contribution is -2.45. The van der Waals surface area contributed by atoms with E-state index in [0.717, 1.165) is 38.2 Å². The molecule has 0 saturated carbocycles. The second-order valence-corrected chi connectivity index (χ2v) is 8.08. The van der Waals surface area contributed by atoms with E-state index in [1.165, 1.54) is 16.0 Å². The average Bonchev–Trinajstić information content (AvgIpc) is 2.80. The molecule has 2 atom stereocenters. The van der Waals surface area contributed by atoms with E-state index in [1.807, 2.05) is 6.92 Å². The highest BCUT2D eigenvalue weighted by Gasteiger charge is 2.27. The Balaban J connectivity index is 1.46. The molecule has 2 unspecified atom stereocenters. The molecular formula is C23H32N6O2. The minimum Gasteiger partial charge on any atom is -0.444 e. The summed E-state index contributed by atoms with van der Waals surface area (Å²) in [6, 6.07) is 9.36. The second kappa shape index (κ2) is 9.62. The van der Waals surface area contributed by atoms with Gasteiger partial charge in [-0.2, -0.15) is 4.98 Å². The Morgan fingerprint density at radius 2 is 1.87 bits per heavy atom. The van der Waals surface area contributed by atoms with Crippen LogP contribution in [0.15, 0.2) is 30.5 Å². The number of hydrogen-bond donors (Lipinski definition) is 2. The van der Waals surface area contributed by atoms with Gasteiger partial charge in [0.05, 0.1) is 11.6 Å². The van der Waals surface area contributed by atoms with Gasteiger partial charge in [0.1, 0.15) is 12.4 Å². The summed E-state index contributed by atoms with van der Waals surface area (Å²) in [6.45, 7) is 11.3. The number of benzene rings is 1. The quantitative estimate of drug-likeness (QED) is 0.704. The zero-order valence-electron chi connectivity index (χ0n) is 18.6. The molecule has 1 aromatic heterocycles. The summed E-state index contributed by atoms with van der Waals surface area (Å²) < 4.78 is 5.16. The number of amides is 1. The normalized spacial score (nSPS) is 18.8. The zero-order chi connectivity index (χ0) is 21.8. The molecule has 2 N–H and O–H groups in total. The van der Waals surface area contributed by atoms with E-state index in [1.54, 1.807) is 6.20 Å². The van der Waals surface area contributed by atoms with Crippen LogP contribution in [0, 0.1) is 0 Å². The van der Waals surface area contributed by atoms with Crippen LogP contribution in [0.4, 0.5) is 16.6 Å². The summed E-state index contributed by atoms with van der Waals surface area (Å²) in [5.41, 5.74) is 3.36. The fourth-order valence-electron chi connectivity index (χ4n) is 4.37. The van der Waals surface area contributed by atoms with Crippen LogP contribution in [-0.2, 0) is 11.3 Å². The van der Waals surface area contributed by atoms with Gasteiger partial charge in [-0.1, -0.05) is 31.2 Å². The Morgan fingerprint density at radius 3 is 2.55 bits per heavy atom. The third-order valence-electron chi connectivity index (χ3n) is 6.13. The smallest absolute Gasteiger partial charge is 0.415 e. The van der Waals surface area contributed by atoms with Crippen molar-refractivity contribution in [3.05, 3.63) is 47.2 Å². The molecule has 8 heteroatoms. The minimum absolute atomic E-state index is 0.0389. The van der Waals surface area contributed by atoms with Crippen LogP contribution < -0.4 is 15.5 Å². The number of cyclic esters (lactones) is 1. The van der Waals surface area contributed by atoms with Gasteiger partial charge in [-0.15, -0.1) is 0 Å². The number of nitrogens with one attached hydrogen (secondary N) is 2. The Kier molecular flexibility index (Phi) is 6.67. The molecule has 0 spiro atoms. The van der Waals surface area contributed by atoms with Crippen LogP contribution in [0.5, 0.6) is 0 Å². The monoisotopic (exact) mass is 424 g/mol. The lowest BCUT2D eigenvalue weighted by molar-refractivity contribution is 0.141. The highest BCUT2D eigenvalue weighted by molar-refractivity contribution is 5.89. The van der Waals surface area contributed by atoms with Gasteiger partial charge in [-0.05, 0) is 31.4 Å². The Bertz CT molecular complexity index is 897. The molecule has 8 nitrogen and oxygen atoms in total. The summed E-state index contributed by atoms with van der Waals surface area (Å²) in [6.07, 6.45) is 2.47. The number of carbonyl (C=O) groups is 1. The van der Waals surface area contributed by atoms with E-state index < -0.39 is 0 Å². The SMILES string of the molecule is CCC(c1ccc(C(C)Nc2ncc3c(n2)N(CC)C(=O)OC3)cc1)N1CCNCC1. The molecule has 1 saturated heterocycles. The number of rotatable bonds is 7. The van der Waals surface area contributed by atoms with Gasteiger partial charge < -0.3 is 15.4 Å². The highest BCUT2D eigenvalue weighted by atomic mass is 16.6. The van der Waals surface area contributed by atoms with Crippen molar-refractivity contribution in [1.29, 1.82) is 0 Å². The number of fused-ring (bicyclic) bond motifs is 1. The molecule has 166 valence electrons. The van der Waals surface area contributed by atoms with Gasteiger partial charge in [-0.25, -0.2) is 9.78 Å². The van der Waals surface area contributed by atoms with Crippen molar-refractivity contribution in [3.63, 3.8) is 0 Å². The number of ether oxygens (including phenoxy) is 1. The van der Waals surface area contributed by atoms with Gasteiger partial charge in [0.2, 0.25) is 5.95 Å². The van der Waals surface area contributed by atoms with Crippen LogP contribution in [0.2, 0.25) is 0 Å². The number of carbonyl (C=O) groups excluding carboxylic acids is 1.